The number of alkyl halides is 3. The number of allylic oxidation sites excluding steroid dienone is 1. The summed E-state index contributed by atoms with van der Waals surface area (Å²) in [6.07, 6.45) is 0.123. The summed E-state index contributed by atoms with van der Waals surface area (Å²) in [7, 11) is 0. The zero-order valence-corrected chi connectivity index (χ0v) is 20.1. The Morgan fingerprint density at radius 2 is 1.83 bits per heavy atom. The molecule has 36 heavy (non-hydrogen) atoms. The molecule has 0 radical (unpaired) electrons. The Bertz CT molecular complexity index is 1130. The van der Waals surface area contributed by atoms with Gasteiger partial charge in [-0.3, -0.25) is 0 Å². The highest BCUT2D eigenvalue weighted by Gasteiger charge is 2.44. The molecule has 1 aliphatic heterocycles. The third-order valence-electron chi connectivity index (χ3n) is 6.52. The van der Waals surface area contributed by atoms with Gasteiger partial charge in [-0.2, -0.15) is 13.2 Å². The van der Waals surface area contributed by atoms with Gasteiger partial charge in [-0.1, -0.05) is 37.6 Å². The Labute approximate surface area is 207 Å². The van der Waals surface area contributed by atoms with E-state index in [-0.39, 0.29) is 5.41 Å². The van der Waals surface area contributed by atoms with Crippen LogP contribution in [0.25, 0.3) is 0 Å². The summed E-state index contributed by atoms with van der Waals surface area (Å²) >= 11 is 0. The van der Waals surface area contributed by atoms with E-state index in [1.165, 1.54) is 23.6 Å². The van der Waals surface area contributed by atoms with Crippen molar-refractivity contribution in [3.63, 3.8) is 0 Å². The quantitative estimate of drug-likeness (QED) is 0.461. The SMILES string of the molecule is CC1(C)C(=CC(=O)O)CC1c1ccc(OCCc2ccc3c(n2)NCCC3)cc1.O=C(O)C(F)(F)F. The molecule has 4 rings (SSSR count). The van der Waals surface area contributed by atoms with Crippen LogP contribution in [-0.2, 0) is 22.4 Å². The molecule has 0 spiro atoms. The van der Waals surface area contributed by atoms with E-state index in [1.807, 2.05) is 12.1 Å². The van der Waals surface area contributed by atoms with Gasteiger partial charge in [0, 0.05) is 24.7 Å². The lowest BCUT2D eigenvalue weighted by Gasteiger charge is -2.47. The number of aryl methyl sites for hydroxylation is 1. The number of benzene rings is 1. The minimum Gasteiger partial charge on any atom is -0.493 e. The normalized spacial score (nSPS) is 19.1. The molecule has 0 saturated heterocycles. The number of hydrogen-bond donors (Lipinski definition) is 3. The van der Waals surface area contributed by atoms with Gasteiger partial charge in [0.1, 0.15) is 11.6 Å². The van der Waals surface area contributed by atoms with Crippen LogP contribution in [0.1, 0.15) is 49.4 Å². The number of fused-ring (bicyclic) bond motifs is 1. The van der Waals surface area contributed by atoms with Crippen molar-refractivity contribution in [3.8, 4) is 5.75 Å². The van der Waals surface area contributed by atoms with E-state index >= 15 is 0 Å². The molecular weight excluding hydrogens is 477 g/mol. The molecule has 0 amide bonds. The van der Waals surface area contributed by atoms with Crippen LogP contribution in [0.3, 0.4) is 0 Å². The first-order chi connectivity index (χ1) is 16.9. The summed E-state index contributed by atoms with van der Waals surface area (Å²) < 4.78 is 37.7. The molecule has 7 nitrogen and oxygen atoms in total. The molecular formula is C26H29F3N2O5. The maximum absolute atomic E-state index is 11.0. The zero-order valence-electron chi connectivity index (χ0n) is 20.1. The highest BCUT2D eigenvalue weighted by atomic mass is 19.4. The molecule has 1 aromatic heterocycles. The smallest absolute Gasteiger partial charge is 0.490 e. The molecule has 194 valence electrons. The second-order valence-electron chi connectivity index (χ2n) is 9.30. The summed E-state index contributed by atoms with van der Waals surface area (Å²) in [6.45, 7) is 5.81. The van der Waals surface area contributed by atoms with Gasteiger partial charge in [-0.05, 0) is 59.9 Å². The molecule has 1 unspecified atom stereocenters. The highest BCUT2D eigenvalue weighted by Crippen LogP contribution is 2.56. The number of aromatic nitrogens is 1. The topological polar surface area (TPSA) is 109 Å². The Hall–Kier alpha value is -3.56. The van der Waals surface area contributed by atoms with Gasteiger partial charge in [0.2, 0.25) is 0 Å². The monoisotopic (exact) mass is 506 g/mol. The van der Waals surface area contributed by atoms with E-state index in [1.54, 1.807) is 0 Å². The van der Waals surface area contributed by atoms with Gasteiger partial charge >= 0.3 is 18.1 Å². The zero-order chi connectivity index (χ0) is 26.5. The average molecular weight is 507 g/mol. The Morgan fingerprint density at radius 3 is 2.42 bits per heavy atom. The fourth-order valence-electron chi connectivity index (χ4n) is 4.34. The van der Waals surface area contributed by atoms with Gasteiger partial charge < -0.3 is 20.3 Å². The van der Waals surface area contributed by atoms with Crippen LogP contribution >= 0.6 is 0 Å². The van der Waals surface area contributed by atoms with Crippen molar-refractivity contribution >= 4 is 17.8 Å². The molecule has 0 bridgehead atoms. The lowest BCUT2D eigenvalue weighted by Crippen LogP contribution is -2.36. The molecule has 2 heterocycles. The standard InChI is InChI=1S/C24H28N2O3.C2HF3O2/c1-24(2)18(15-22(27)28)14-21(24)16-6-9-20(10-7-16)29-13-11-19-8-5-17-4-3-12-25-23(17)26-19;3-2(4,5)1(6)7/h5-10,15,21H,3-4,11-14H2,1-2H3,(H,25,26)(H,27,28);(H,6,7). The Morgan fingerprint density at radius 1 is 1.17 bits per heavy atom. The second kappa shape index (κ2) is 11.0. The first-order valence-corrected chi connectivity index (χ1v) is 11.6. The number of pyridine rings is 1. The number of hydrogen-bond acceptors (Lipinski definition) is 5. The number of rotatable bonds is 6. The number of ether oxygens (including phenoxy) is 1. The molecule has 2 aliphatic rings. The lowest BCUT2D eigenvalue weighted by molar-refractivity contribution is -0.192. The molecule has 1 aliphatic carbocycles. The van der Waals surface area contributed by atoms with Crippen molar-refractivity contribution in [1.82, 2.24) is 4.98 Å². The third kappa shape index (κ3) is 6.77. The van der Waals surface area contributed by atoms with Crippen LogP contribution in [0.2, 0.25) is 0 Å². The number of carbonyl (C=O) groups is 2. The molecule has 2 aromatic rings. The fraction of sp³-hybridized carbons (Fsp3) is 0.423. The van der Waals surface area contributed by atoms with Crippen LogP contribution < -0.4 is 10.1 Å². The van der Waals surface area contributed by atoms with Crippen molar-refractivity contribution < 1.29 is 37.7 Å². The second-order valence-corrected chi connectivity index (χ2v) is 9.30. The van der Waals surface area contributed by atoms with E-state index in [9.17, 15) is 18.0 Å². The maximum Gasteiger partial charge on any atom is 0.490 e. The Kier molecular flexibility index (Phi) is 8.27. The van der Waals surface area contributed by atoms with Gasteiger partial charge in [0.05, 0.1) is 6.61 Å². The van der Waals surface area contributed by atoms with Gasteiger partial charge in [0.15, 0.2) is 0 Å². The van der Waals surface area contributed by atoms with Gasteiger partial charge in [-0.15, -0.1) is 0 Å². The van der Waals surface area contributed by atoms with Gasteiger partial charge in [-0.25, -0.2) is 14.6 Å². The average Bonchev–Trinajstić information content (AvgIpc) is 2.82. The van der Waals surface area contributed by atoms with Crippen molar-refractivity contribution in [2.45, 2.75) is 51.6 Å². The molecule has 1 atom stereocenters. The van der Waals surface area contributed by atoms with Crippen LogP contribution in [0, 0.1) is 5.41 Å². The number of nitrogens with zero attached hydrogens (tertiary/aromatic N) is 1. The molecule has 10 heteroatoms. The first kappa shape index (κ1) is 27.0. The van der Waals surface area contributed by atoms with Crippen LogP contribution in [0.5, 0.6) is 5.75 Å². The van der Waals surface area contributed by atoms with Crippen LogP contribution in [0.15, 0.2) is 48.0 Å². The lowest BCUT2D eigenvalue weighted by atomic mass is 9.56. The number of halogens is 3. The summed E-state index contributed by atoms with van der Waals surface area (Å²) in [5, 5.41) is 19.5. The molecule has 1 fully saturated rings. The summed E-state index contributed by atoms with van der Waals surface area (Å²) in [5.41, 5.74) is 4.46. The van der Waals surface area contributed by atoms with E-state index in [2.05, 4.69) is 43.4 Å². The fourth-order valence-corrected chi connectivity index (χ4v) is 4.34. The van der Waals surface area contributed by atoms with Crippen molar-refractivity contribution in [2.24, 2.45) is 5.41 Å². The molecule has 1 saturated carbocycles. The van der Waals surface area contributed by atoms with Crippen LogP contribution in [-0.4, -0.2) is 46.5 Å². The summed E-state index contributed by atoms with van der Waals surface area (Å²) in [5.74, 6) is -1.40. The van der Waals surface area contributed by atoms with Gasteiger partial charge in [0.25, 0.3) is 0 Å². The predicted octanol–water partition coefficient (Wildman–Crippen LogP) is 5.22. The highest BCUT2D eigenvalue weighted by molar-refractivity contribution is 5.81. The minimum atomic E-state index is -5.08. The predicted molar refractivity (Wildman–Crippen MR) is 127 cm³/mol. The number of nitrogens with one attached hydrogen (secondary N) is 1. The third-order valence-corrected chi connectivity index (χ3v) is 6.52. The number of aliphatic carboxylic acids is 2. The van der Waals surface area contributed by atoms with Crippen molar-refractivity contribution in [1.29, 1.82) is 0 Å². The van der Waals surface area contributed by atoms with E-state index in [0.29, 0.717) is 12.5 Å². The van der Waals surface area contributed by atoms with Crippen molar-refractivity contribution in [2.75, 3.05) is 18.5 Å². The largest absolute Gasteiger partial charge is 0.493 e. The minimum absolute atomic E-state index is 0.118. The maximum atomic E-state index is 11.0. The molecule has 3 N–H and O–H groups in total. The number of carboxylic acid groups (broad SMARTS) is 2. The first-order valence-electron chi connectivity index (χ1n) is 11.6. The molecule has 1 aromatic carbocycles. The Balaban J connectivity index is 0.000000454. The van der Waals surface area contributed by atoms with E-state index < -0.39 is 18.1 Å². The number of carboxylic acids is 2. The summed E-state index contributed by atoms with van der Waals surface area (Å²) in [4.78, 5) is 24.6. The van der Waals surface area contributed by atoms with E-state index in [0.717, 1.165) is 48.6 Å². The van der Waals surface area contributed by atoms with Crippen molar-refractivity contribution in [3.05, 3.63) is 64.9 Å². The van der Waals surface area contributed by atoms with E-state index in [4.69, 9.17) is 24.7 Å². The summed E-state index contributed by atoms with van der Waals surface area (Å²) in [6, 6.07) is 12.5. The van der Waals surface area contributed by atoms with Crippen LogP contribution in [0.4, 0.5) is 19.0 Å². The number of anilines is 1.